The lowest BCUT2D eigenvalue weighted by Gasteiger charge is -1.97. The fraction of sp³-hybridized carbons (Fsp3) is 0.167. The molecule has 0 atom stereocenters. The number of H-pyrrole nitrogens is 1. The highest BCUT2D eigenvalue weighted by Gasteiger charge is 2.07. The van der Waals surface area contributed by atoms with Gasteiger partial charge in [0.15, 0.2) is 5.69 Å². The summed E-state index contributed by atoms with van der Waals surface area (Å²) in [6.45, 7) is 3.88. The van der Waals surface area contributed by atoms with Crippen LogP contribution in [0.2, 0.25) is 0 Å². The highest BCUT2D eigenvalue weighted by atomic mass is 14.9. The zero-order valence-corrected chi connectivity index (χ0v) is 8.70. The SMILES string of the molecule is Cc1cccc(-c2nc(C#N)c(C)[nH]2)c1. The molecule has 0 unspecified atom stereocenters. The number of hydrogen-bond donors (Lipinski definition) is 1. The molecule has 15 heavy (non-hydrogen) atoms. The largest absolute Gasteiger partial charge is 0.341 e. The Bertz CT molecular complexity index is 532. The van der Waals surface area contributed by atoms with Crippen molar-refractivity contribution in [3.63, 3.8) is 0 Å². The summed E-state index contributed by atoms with van der Waals surface area (Å²) < 4.78 is 0. The molecule has 74 valence electrons. The summed E-state index contributed by atoms with van der Waals surface area (Å²) in [5.41, 5.74) is 3.47. The second kappa shape index (κ2) is 3.58. The molecule has 1 heterocycles. The third-order valence-corrected chi connectivity index (χ3v) is 2.28. The molecule has 0 bridgehead atoms. The van der Waals surface area contributed by atoms with E-state index >= 15 is 0 Å². The fourth-order valence-corrected chi connectivity index (χ4v) is 1.50. The van der Waals surface area contributed by atoms with Gasteiger partial charge in [0.25, 0.3) is 0 Å². The van der Waals surface area contributed by atoms with Gasteiger partial charge in [-0.25, -0.2) is 4.98 Å². The first-order chi connectivity index (χ1) is 7.20. The van der Waals surface area contributed by atoms with Gasteiger partial charge in [-0.3, -0.25) is 0 Å². The zero-order valence-electron chi connectivity index (χ0n) is 8.70. The van der Waals surface area contributed by atoms with E-state index < -0.39 is 0 Å². The number of nitriles is 1. The van der Waals surface area contributed by atoms with E-state index in [2.05, 4.69) is 16.0 Å². The quantitative estimate of drug-likeness (QED) is 0.763. The molecular formula is C12H11N3. The molecule has 1 aromatic heterocycles. The van der Waals surface area contributed by atoms with Crippen LogP contribution in [0.4, 0.5) is 0 Å². The van der Waals surface area contributed by atoms with E-state index in [1.807, 2.05) is 38.1 Å². The van der Waals surface area contributed by atoms with Gasteiger partial charge < -0.3 is 4.98 Å². The molecule has 0 radical (unpaired) electrons. The first-order valence-corrected chi connectivity index (χ1v) is 4.74. The third kappa shape index (κ3) is 1.75. The maximum atomic E-state index is 8.80. The van der Waals surface area contributed by atoms with Crippen molar-refractivity contribution in [1.29, 1.82) is 5.26 Å². The van der Waals surface area contributed by atoms with Crippen molar-refractivity contribution in [3.05, 3.63) is 41.2 Å². The van der Waals surface area contributed by atoms with Crippen molar-refractivity contribution in [2.24, 2.45) is 0 Å². The van der Waals surface area contributed by atoms with Crippen molar-refractivity contribution in [2.75, 3.05) is 0 Å². The van der Waals surface area contributed by atoms with Crippen LogP contribution in [-0.4, -0.2) is 9.97 Å². The number of rotatable bonds is 1. The van der Waals surface area contributed by atoms with Gasteiger partial charge in [0.05, 0.1) is 5.69 Å². The van der Waals surface area contributed by atoms with Crippen molar-refractivity contribution < 1.29 is 0 Å². The maximum Gasteiger partial charge on any atom is 0.161 e. The van der Waals surface area contributed by atoms with Crippen LogP contribution in [-0.2, 0) is 0 Å². The van der Waals surface area contributed by atoms with Crippen LogP contribution in [0.5, 0.6) is 0 Å². The molecule has 0 amide bonds. The Morgan fingerprint density at radius 3 is 2.73 bits per heavy atom. The Morgan fingerprint density at radius 2 is 2.13 bits per heavy atom. The van der Waals surface area contributed by atoms with Gasteiger partial charge in [0, 0.05) is 5.56 Å². The summed E-state index contributed by atoms with van der Waals surface area (Å²) in [7, 11) is 0. The van der Waals surface area contributed by atoms with Gasteiger partial charge in [-0.1, -0.05) is 23.8 Å². The minimum atomic E-state index is 0.464. The lowest BCUT2D eigenvalue weighted by Crippen LogP contribution is -1.81. The molecule has 1 N–H and O–H groups in total. The van der Waals surface area contributed by atoms with Gasteiger partial charge >= 0.3 is 0 Å². The summed E-state index contributed by atoms with van der Waals surface area (Å²) in [5, 5.41) is 8.80. The summed E-state index contributed by atoms with van der Waals surface area (Å²) in [6, 6.07) is 10.1. The number of imidazole rings is 1. The van der Waals surface area contributed by atoms with Crippen LogP contribution < -0.4 is 0 Å². The average molecular weight is 197 g/mol. The van der Waals surface area contributed by atoms with Crippen molar-refractivity contribution in [3.8, 4) is 17.5 Å². The normalized spacial score (nSPS) is 9.93. The Labute approximate surface area is 88.4 Å². The number of aryl methyl sites for hydroxylation is 2. The standard InChI is InChI=1S/C12H11N3/c1-8-4-3-5-10(6-8)12-14-9(2)11(7-13)15-12/h3-6H,1-2H3,(H,14,15). The predicted molar refractivity (Wildman–Crippen MR) is 58.2 cm³/mol. The van der Waals surface area contributed by atoms with E-state index in [9.17, 15) is 0 Å². The Balaban J connectivity index is 2.51. The van der Waals surface area contributed by atoms with Crippen LogP contribution in [0.3, 0.4) is 0 Å². The van der Waals surface area contributed by atoms with E-state index in [1.165, 1.54) is 5.56 Å². The number of aromatic nitrogens is 2. The summed E-state index contributed by atoms with van der Waals surface area (Å²) in [6.07, 6.45) is 0. The van der Waals surface area contributed by atoms with Crippen LogP contribution >= 0.6 is 0 Å². The molecule has 0 saturated heterocycles. The average Bonchev–Trinajstić information content (AvgIpc) is 2.60. The molecule has 0 aliphatic heterocycles. The molecule has 2 rings (SSSR count). The van der Waals surface area contributed by atoms with Gasteiger partial charge in [-0.05, 0) is 19.9 Å². The van der Waals surface area contributed by atoms with E-state index in [0.29, 0.717) is 5.69 Å². The van der Waals surface area contributed by atoms with Crippen LogP contribution in [0, 0.1) is 25.2 Å². The molecule has 0 aliphatic carbocycles. The minimum absolute atomic E-state index is 0.464. The number of benzene rings is 1. The fourth-order valence-electron chi connectivity index (χ4n) is 1.50. The number of nitrogens with zero attached hydrogens (tertiary/aromatic N) is 2. The predicted octanol–water partition coefficient (Wildman–Crippen LogP) is 2.57. The van der Waals surface area contributed by atoms with E-state index in [4.69, 9.17) is 5.26 Å². The third-order valence-electron chi connectivity index (χ3n) is 2.28. The molecule has 3 heteroatoms. The second-order valence-corrected chi connectivity index (χ2v) is 3.54. The molecular weight excluding hydrogens is 186 g/mol. The molecule has 1 aromatic carbocycles. The van der Waals surface area contributed by atoms with Gasteiger partial charge in [-0.15, -0.1) is 0 Å². The zero-order chi connectivity index (χ0) is 10.8. The Morgan fingerprint density at radius 1 is 1.33 bits per heavy atom. The highest BCUT2D eigenvalue weighted by Crippen LogP contribution is 2.18. The second-order valence-electron chi connectivity index (χ2n) is 3.54. The summed E-state index contributed by atoms with van der Waals surface area (Å²) >= 11 is 0. The molecule has 3 nitrogen and oxygen atoms in total. The maximum absolute atomic E-state index is 8.80. The first kappa shape index (κ1) is 9.47. The van der Waals surface area contributed by atoms with E-state index in [1.54, 1.807) is 0 Å². The minimum Gasteiger partial charge on any atom is -0.341 e. The van der Waals surface area contributed by atoms with Crippen molar-refractivity contribution in [1.82, 2.24) is 9.97 Å². The van der Waals surface area contributed by atoms with Crippen molar-refractivity contribution >= 4 is 0 Å². The topological polar surface area (TPSA) is 52.5 Å². The Hall–Kier alpha value is -2.08. The van der Waals surface area contributed by atoms with Crippen molar-refractivity contribution in [2.45, 2.75) is 13.8 Å². The lowest BCUT2D eigenvalue weighted by atomic mass is 10.1. The highest BCUT2D eigenvalue weighted by molar-refractivity contribution is 5.57. The summed E-state index contributed by atoms with van der Waals surface area (Å²) in [4.78, 5) is 7.33. The number of nitrogens with one attached hydrogen (secondary N) is 1. The van der Waals surface area contributed by atoms with Gasteiger partial charge in [0.1, 0.15) is 11.9 Å². The molecule has 0 aliphatic rings. The number of hydrogen-bond acceptors (Lipinski definition) is 2. The molecule has 0 spiro atoms. The van der Waals surface area contributed by atoms with Gasteiger partial charge in [0.2, 0.25) is 0 Å². The monoisotopic (exact) mass is 197 g/mol. The van der Waals surface area contributed by atoms with Crippen LogP contribution in [0.1, 0.15) is 17.0 Å². The smallest absolute Gasteiger partial charge is 0.161 e. The van der Waals surface area contributed by atoms with Crippen LogP contribution in [0.15, 0.2) is 24.3 Å². The molecule has 0 fully saturated rings. The van der Waals surface area contributed by atoms with Crippen LogP contribution in [0.25, 0.3) is 11.4 Å². The molecule has 0 saturated carbocycles. The van der Waals surface area contributed by atoms with Gasteiger partial charge in [-0.2, -0.15) is 5.26 Å². The Kier molecular flexibility index (Phi) is 2.26. The number of aromatic amines is 1. The van der Waals surface area contributed by atoms with E-state index in [0.717, 1.165) is 17.1 Å². The lowest BCUT2D eigenvalue weighted by molar-refractivity contribution is 1.25. The molecule has 2 aromatic rings. The van der Waals surface area contributed by atoms with E-state index in [-0.39, 0.29) is 0 Å². The summed E-state index contributed by atoms with van der Waals surface area (Å²) in [5.74, 6) is 0.757. The first-order valence-electron chi connectivity index (χ1n) is 4.74.